The summed E-state index contributed by atoms with van der Waals surface area (Å²) in [5.74, 6) is 3.88. The normalized spacial score (nSPS) is 30.1. The van der Waals surface area contributed by atoms with Gasteiger partial charge < -0.3 is 0 Å². The second-order valence-corrected chi connectivity index (χ2v) is 8.94. The van der Waals surface area contributed by atoms with Crippen molar-refractivity contribution in [3.8, 4) is 0 Å². The molecule has 0 bridgehead atoms. The number of rotatable bonds is 8. The fourth-order valence-corrected chi connectivity index (χ4v) is 5.10. The number of hydrogen-bond donors (Lipinski definition) is 0. The predicted molar refractivity (Wildman–Crippen MR) is 105 cm³/mol. The van der Waals surface area contributed by atoms with Gasteiger partial charge in [-0.25, -0.2) is 0 Å². The summed E-state index contributed by atoms with van der Waals surface area (Å²) >= 11 is 0. The summed E-state index contributed by atoms with van der Waals surface area (Å²) in [4.78, 5) is 0. The van der Waals surface area contributed by atoms with Crippen LogP contribution in [0.4, 0.5) is 0 Å². The van der Waals surface area contributed by atoms with Gasteiger partial charge in [0, 0.05) is 0 Å². The first kappa shape index (κ1) is 18.0. The molecule has 2 aliphatic rings. The van der Waals surface area contributed by atoms with Crippen molar-refractivity contribution in [2.24, 2.45) is 17.8 Å². The average molecular weight is 327 g/mol. The van der Waals surface area contributed by atoms with Gasteiger partial charge in [-0.2, -0.15) is 0 Å². The Hall–Kier alpha value is -0.780. The molecule has 134 valence electrons. The monoisotopic (exact) mass is 326 g/mol. The molecule has 0 atom stereocenters. The minimum absolute atomic E-state index is 0.842. The summed E-state index contributed by atoms with van der Waals surface area (Å²) < 4.78 is 0. The molecule has 0 nitrogen and oxygen atoms in total. The van der Waals surface area contributed by atoms with Gasteiger partial charge in [0.25, 0.3) is 0 Å². The van der Waals surface area contributed by atoms with Gasteiger partial charge >= 0.3 is 0 Å². The van der Waals surface area contributed by atoms with E-state index in [-0.39, 0.29) is 0 Å². The lowest BCUT2D eigenvalue weighted by atomic mass is 9.73. The molecule has 2 fully saturated rings. The van der Waals surface area contributed by atoms with E-state index in [9.17, 15) is 0 Å². The highest BCUT2D eigenvalue weighted by Crippen LogP contribution is 2.38. The standard InChI is InChI=1S/C24H38/c1-3-4-5-6-20-9-13-23(14-10-20)24-15-11-21(12-16-24)7-8-22-17-19(2)18-22/h11-12,15-16,19-20,22-23H,3-10,13-14,17-18H2,1-2H3. The van der Waals surface area contributed by atoms with Crippen LogP contribution in [0, 0.1) is 17.8 Å². The van der Waals surface area contributed by atoms with Gasteiger partial charge in [0.05, 0.1) is 0 Å². The van der Waals surface area contributed by atoms with Crippen LogP contribution in [0.2, 0.25) is 0 Å². The Morgan fingerprint density at radius 2 is 1.54 bits per heavy atom. The zero-order valence-electron chi connectivity index (χ0n) is 16.1. The Morgan fingerprint density at radius 1 is 0.833 bits per heavy atom. The van der Waals surface area contributed by atoms with E-state index < -0.39 is 0 Å². The molecule has 0 radical (unpaired) electrons. The Bertz CT molecular complexity index is 457. The molecule has 0 saturated heterocycles. The number of benzene rings is 1. The van der Waals surface area contributed by atoms with Crippen LogP contribution in [-0.4, -0.2) is 0 Å². The molecule has 0 heteroatoms. The molecule has 1 aromatic carbocycles. The van der Waals surface area contributed by atoms with E-state index in [2.05, 4.69) is 38.1 Å². The van der Waals surface area contributed by atoms with Crippen LogP contribution in [0.25, 0.3) is 0 Å². The summed E-state index contributed by atoms with van der Waals surface area (Å²) in [5, 5.41) is 0. The van der Waals surface area contributed by atoms with Crippen LogP contribution in [-0.2, 0) is 6.42 Å². The summed E-state index contributed by atoms with van der Waals surface area (Å²) in [5.41, 5.74) is 3.18. The number of hydrogen-bond acceptors (Lipinski definition) is 0. The van der Waals surface area contributed by atoms with Crippen LogP contribution >= 0.6 is 0 Å². The largest absolute Gasteiger partial charge is 0.0654 e. The third kappa shape index (κ3) is 5.11. The Morgan fingerprint density at radius 3 is 2.17 bits per heavy atom. The van der Waals surface area contributed by atoms with Crippen molar-refractivity contribution in [2.45, 2.75) is 96.8 Å². The zero-order valence-corrected chi connectivity index (χ0v) is 16.1. The fourth-order valence-electron chi connectivity index (χ4n) is 5.10. The molecule has 0 spiro atoms. The lowest BCUT2D eigenvalue weighted by Gasteiger charge is -2.32. The van der Waals surface area contributed by atoms with E-state index >= 15 is 0 Å². The van der Waals surface area contributed by atoms with E-state index in [1.165, 1.54) is 77.0 Å². The van der Waals surface area contributed by atoms with Crippen molar-refractivity contribution in [3.63, 3.8) is 0 Å². The molecule has 0 aromatic heterocycles. The van der Waals surface area contributed by atoms with Crippen LogP contribution in [0.1, 0.15) is 102 Å². The lowest BCUT2D eigenvalue weighted by molar-refractivity contribution is 0.200. The highest BCUT2D eigenvalue weighted by atomic mass is 14.3. The third-order valence-corrected chi connectivity index (χ3v) is 6.83. The highest BCUT2D eigenvalue weighted by molar-refractivity contribution is 5.26. The Kier molecular flexibility index (Phi) is 6.81. The fraction of sp³-hybridized carbons (Fsp3) is 0.750. The molecule has 0 heterocycles. The van der Waals surface area contributed by atoms with Gasteiger partial charge in [-0.15, -0.1) is 0 Å². The van der Waals surface area contributed by atoms with Gasteiger partial charge in [0.1, 0.15) is 0 Å². The van der Waals surface area contributed by atoms with Gasteiger partial charge in [-0.3, -0.25) is 0 Å². The maximum Gasteiger partial charge on any atom is -0.0162 e. The van der Waals surface area contributed by atoms with Gasteiger partial charge in [-0.1, -0.05) is 63.8 Å². The van der Waals surface area contributed by atoms with Crippen molar-refractivity contribution in [1.29, 1.82) is 0 Å². The van der Waals surface area contributed by atoms with E-state index in [0.29, 0.717) is 0 Å². The summed E-state index contributed by atoms with van der Waals surface area (Å²) in [6, 6.07) is 9.73. The van der Waals surface area contributed by atoms with E-state index in [0.717, 1.165) is 23.7 Å². The van der Waals surface area contributed by atoms with Gasteiger partial charge in [-0.05, 0) is 86.2 Å². The highest BCUT2D eigenvalue weighted by Gasteiger charge is 2.25. The summed E-state index contributed by atoms with van der Waals surface area (Å²) in [7, 11) is 0. The molecular formula is C24H38. The smallest absolute Gasteiger partial charge is 0.0162 e. The molecule has 24 heavy (non-hydrogen) atoms. The van der Waals surface area contributed by atoms with Crippen molar-refractivity contribution in [2.75, 3.05) is 0 Å². The second kappa shape index (κ2) is 9.07. The quantitative estimate of drug-likeness (QED) is 0.433. The molecule has 0 aliphatic heterocycles. The first-order chi connectivity index (χ1) is 11.7. The molecule has 0 unspecified atom stereocenters. The Balaban J connectivity index is 1.39. The lowest BCUT2D eigenvalue weighted by Crippen LogP contribution is -2.21. The maximum atomic E-state index is 2.45. The molecule has 1 aromatic rings. The zero-order chi connectivity index (χ0) is 16.8. The van der Waals surface area contributed by atoms with Crippen LogP contribution in [0.5, 0.6) is 0 Å². The SMILES string of the molecule is CCCCCC1CCC(c2ccc(CCC3CC(C)C3)cc2)CC1. The van der Waals surface area contributed by atoms with E-state index in [1.54, 1.807) is 11.1 Å². The first-order valence-corrected chi connectivity index (χ1v) is 10.8. The molecule has 2 aliphatic carbocycles. The van der Waals surface area contributed by atoms with Gasteiger partial charge in [0.2, 0.25) is 0 Å². The minimum Gasteiger partial charge on any atom is -0.0654 e. The van der Waals surface area contributed by atoms with Crippen LogP contribution < -0.4 is 0 Å². The van der Waals surface area contributed by atoms with Crippen LogP contribution in [0.3, 0.4) is 0 Å². The molecule has 3 rings (SSSR count). The van der Waals surface area contributed by atoms with Crippen molar-refractivity contribution in [1.82, 2.24) is 0 Å². The number of aryl methyl sites for hydroxylation is 1. The van der Waals surface area contributed by atoms with E-state index in [1.807, 2.05) is 0 Å². The van der Waals surface area contributed by atoms with Gasteiger partial charge in [0.15, 0.2) is 0 Å². The number of unbranched alkanes of at least 4 members (excludes halogenated alkanes) is 2. The molecule has 0 amide bonds. The second-order valence-electron chi connectivity index (χ2n) is 8.94. The van der Waals surface area contributed by atoms with Crippen LogP contribution in [0.15, 0.2) is 24.3 Å². The first-order valence-electron chi connectivity index (χ1n) is 10.8. The maximum absolute atomic E-state index is 2.45. The Labute approximate surface area is 150 Å². The van der Waals surface area contributed by atoms with Crippen molar-refractivity contribution >= 4 is 0 Å². The van der Waals surface area contributed by atoms with E-state index in [4.69, 9.17) is 0 Å². The molecule has 0 N–H and O–H groups in total. The third-order valence-electron chi connectivity index (χ3n) is 6.83. The topological polar surface area (TPSA) is 0 Å². The van der Waals surface area contributed by atoms with Crippen molar-refractivity contribution < 1.29 is 0 Å². The predicted octanol–water partition coefficient (Wildman–Crippen LogP) is 7.52. The molecule has 2 saturated carbocycles. The average Bonchev–Trinajstić information content (AvgIpc) is 2.59. The minimum atomic E-state index is 0.842. The molecular weight excluding hydrogens is 288 g/mol. The van der Waals surface area contributed by atoms with Crippen molar-refractivity contribution in [3.05, 3.63) is 35.4 Å². The summed E-state index contributed by atoms with van der Waals surface area (Å²) in [6.45, 7) is 4.71. The summed E-state index contributed by atoms with van der Waals surface area (Å²) in [6.07, 6.45) is 17.2.